The maximum Gasteiger partial charge on any atom is 0.270 e. The molecule has 0 radical (unpaired) electrons. The van der Waals surface area contributed by atoms with E-state index in [1.54, 1.807) is 48.5 Å². The van der Waals surface area contributed by atoms with Crippen molar-refractivity contribution in [1.29, 1.82) is 5.41 Å². The number of aromatic amines is 1. The predicted octanol–water partition coefficient (Wildman–Crippen LogP) is 5.43. The minimum Gasteiger partial charge on any atom is -0.476 e. The number of H-pyrrole nitrogens is 1. The molecule has 33 heavy (non-hydrogen) atoms. The number of nitrogens with one attached hydrogen (secondary N) is 3. The van der Waals surface area contributed by atoms with Crippen LogP contribution in [0.25, 0.3) is 11.4 Å². The van der Waals surface area contributed by atoms with Gasteiger partial charge >= 0.3 is 0 Å². The van der Waals surface area contributed by atoms with Gasteiger partial charge in [-0.25, -0.2) is 4.98 Å². The summed E-state index contributed by atoms with van der Waals surface area (Å²) >= 11 is 11.8. The van der Waals surface area contributed by atoms with Crippen molar-refractivity contribution >= 4 is 40.6 Å². The Labute approximate surface area is 200 Å². The van der Waals surface area contributed by atoms with E-state index in [1.807, 2.05) is 30.3 Å². The molecular formula is C24H19Cl2N5O2. The molecule has 1 aromatic heterocycles. The Morgan fingerprint density at radius 3 is 2.39 bits per heavy atom. The van der Waals surface area contributed by atoms with E-state index in [2.05, 4.69) is 15.3 Å². The molecule has 4 rings (SSSR count). The van der Waals surface area contributed by atoms with Crippen LogP contribution >= 0.6 is 23.2 Å². The molecule has 4 aromatic rings. The summed E-state index contributed by atoms with van der Waals surface area (Å²) in [5.74, 6) is 0.513. The second-order valence-corrected chi connectivity index (χ2v) is 7.84. The Hall–Kier alpha value is -3.81. The van der Waals surface area contributed by atoms with Gasteiger partial charge in [0.05, 0.1) is 0 Å². The van der Waals surface area contributed by atoms with Gasteiger partial charge in [-0.2, -0.15) is 0 Å². The lowest BCUT2D eigenvalue weighted by Crippen LogP contribution is -2.25. The first-order valence-corrected chi connectivity index (χ1v) is 10.6. The average molecular weight is 480 g/mol. The number of hydrogen-bond acceptors (Lipinski definition) is 4. The molecule has 166 valence electrons. The van der Waals surface area contributed by atoms with Gasteiger partial charge in [-0.1, -0.05) is 65.7 Å². The highest BCUT2D eigenvalue weighted by atomic mass is 35.5. The van der Waals surface area contributed by atoms with Gasteiger partial charge in [-0.3, -0.25) is 10.2 Å². The van der Waals surface area contributed by atoms with Crippen LogP contribution in [0.3, 0.4) is 0 Å². The first-order chi connectivity index (χ1) is 15.9. The molecule has 0 spiro atoms. The first-order valence-electron chi connectivity index (χ1n) is 9.89. The van der Waals surface area contributed by atoms with E-state index in [0.717, 1.165) is 5.56 Å². The fourth-order valence-electron chi connectivity index (χ4n) is 3.16. The third kappa shape index (κ3) is 5.34. The normalized spacial score (nSPS) is 11.6. The van der Waals surface area contributed by atoms with E-state index in [4.69, 9.17) is 39.1 Å². The third-order valence-electron chi connectivity index (χ3n) is 4.78. The molecule has 1 heterocycles. The monoisotopic (exact) mass is 479 g/mol. The summed E-state index contributed by atoms with van der Waals surface area (Å²) in [5.41, 5.74) is 8.11. The zero-order valence-corrected chi connectivity index (χ0v) is 18.7. The molecule has 0 aliphatic carbocycles. The molecule has 0 saturated heterocycles. The number of hydrogen-bond donors (Lipinski definition) is 4. The van der Waals surface area contributed by atoms with Gasteiger partial charge < -0.3 is 20.8 Å². The number of carbonyl (C=O) groups is 1. The molecule has 7 nitrogen and oxygen atoms in total. The number of carbonyl (C=O) groups excluding carboxylic acids is 1. The van der Waals surface area contributed by atoms with Crippen LogP contribution in [-0.2, 0) is 4.79 Å². The van der Waals surface area contributed by atoms with Crippen LogP contribution in [0.5, 0.6) is 5.75 Å². The maximum absolute atomic E-state index is 13.2. The second-order valence-electron chi connectivity index (χ2n) is 7.11. The van der Waals surface area contributed by atoms with Crippen molar-refractivity contribution in [2.24, 2.45) is 5.73 Å². The number of anilines is 1. The van der Waals surface area contributed by atoms with Crippen molar-refractivity contribution in [2.45, 2.75) is 6.10 Å². The van der Waals surface area contributed by atoms with Crippen LogP contribution in [-0.4, -0.2) is 21.7 Å². The van der Waals surface area contributed by atoms with Gasteiger partial charge in [0.2, 0.25) is 6.10 Å². The Morgan fingerprint density at radius 2 is 1.76 bits per heavy atom. The van der Waals surface area contributed by atoms with Gasteiger partial charge in [-0.15, -0.1) is 0 Å². The molecule has 0 aliphatic heterocycles. The van der Waals surface area contributed by atoms with Crippen molar-refractivity contribution in [3.8, 4) is 17.1 Å². The number of ether oxygens (including phenoxy) is 1. The zero-order valence-electron chi connectivity index (χ0n) is 17.2. The van der Waals surface area contributed by atoms with Crippen molar-refractivity contribution in [3.63, 3.8) is 0 Å². The molecule has 0 saturated carbocycles. The Bertz CT molecular complexity index is 1270. The Morgan fingerprint density at radius 1 is 1.03 bits per heavy atom. The van der Waals surface area contributed by atoms with Crippen molar-refractivity contribution in [2.75, 3.05) is 5.32 Å². The fourth-order valence-corrected chi connectivity index (χ4v) is 3.42. The largest absolute Gasteiger partial charge is 0.476 e. The zero-order chi connectivity index (χ0) is 23.4. The van der Waals surface area contributed by atoms with Crippen LogP contribution in [0.2, 0.25) is 10.3 Å². The summed E-state index contributed by atoms with van der Waals surface area (Å²) in [6.07, 6.45) is -0.921. The quantitative estimate of drug-likeness (QED) is 0.209. The SMILES string of the molecule is N=C(N)c1cccc(OC(C(=O)Nc2ccc(-c3nc(Cl)c(Cl)[nH]3)cc2)c2ccccc2)c1. The van der Waals surface area contributed by atoms with Crippen LogP contribution in [0.4, 0.5) is 5.69 Å². The van der Waals surface area contributed by atoms with Crippen LogP contribution < -0.4 is 15.8 Å². The number of imidazole rings is 1. The standard InChI is InChI=1S/C24H19Cl2N5O2/c25-20-21(26)31-23(30-20)15-9-11-17(12-10-15)29-24(32)19(14-5-2-1-3-6-14)33-18-8-4-7-16(13-18)22(27)28/h1-13,19H,(H3,27,28)(H,29,32)(H,30,31). The van der Waals surface area contributed by atoms with Crippen LogP contribution in [0.1, 0.15) is 17.2 Å². The summed E-state index contributed by atoms with van der Waals surface area (Å²) in [6.45, 7) is 0. The van der Waals surface area contributed by atoms with Gasteiger partial charge in [-0.05, 0) is 36.4 Å². The number of nitrogens with two attached hydrogens (primary N) is 1. The predicted molar refractivity (Wildman–Crippen MR) is 130 cm³/mol. The summed E-state index contributed by atoms with van der Waals surface area (Å²) < 4.78 is 6.03. The minimum absolute atomic E-state index is 0.0830. The highest BCUT2D eigenvalue weighted by Gasteiger charge is 2.23. The van der Waals surface area contributed by atoms with Crippen molar-refractivity contribution in [1.82, 2.24) is 9.97 Å². The lowest BCUT2D eigenvalue weighted by molar-refractivity contribution is -0.123. The molecule has 1 atom stereocenters. The lowest BCUT2D eigenvalue weighted by atomic mass is 10.1. The molecule has 0 aliphatic rings. The molecule has 0 bridgehead atoms. The maximum atomic E-state index is 13.2. The number of nitrogens with zero attached hydrogens (tertiary/aromatic N) is 1. The lowest BCUT2D eigenvalue weighted by Gasteiger charge is -2.20. The molecule has 1 unspecified atom stereocenters. The molecule has 3 aromatic carbocycles. The van der Waals surface area contributed by atoms with E-state index >= 15 is 0 Å². The molecule has 0 fully saturated rings. The summed E-state index contributed by atoms with van der Waals surface area (Å²) in [6, 6.07) is 23.0. The number of amidine groups is 1. The van der Waals surface area contributed by atoms with E-state index in [0.29, 0.717) is 28.4 Å². The average Bonchev–Trinajstić information content (AvgIpc) is 3.16. The number of nitrogen functional groups attached to an aromatic ring is 1. The highest BCUT2D eigenvalue weighted by molar-refractivity contribution is 6.40. The van der Waals surface area contributed by atoms with E-state index in [9.17, 15) is 4.79 Å². The number of rotatable bonds is 7. The molecule has 1 amide bonds. The van der Waals surface area contributed by atoms with E-state index < -0.39 is 6.10 Å². The molecular weight excluding hydrogens is 461 g/mol. The summed E-state index contributed by atoms with van der Waals surface area (Å²) in [4.78, 5) is 20.2. The first kappa shape index (κ1) is 22.4. The van der Waals surface area contributed by atoms with Crippen molar-refractivity contribution < 1.29 is 9.53 Å². The number of halogens is 2. The number of benzene rings is 3. The topological polar surface area (TPSA) is 117 Å². The summed E-state index contributed by atoms with van der Waals surface area (Å²) in [7, 11) is 0. The Kier molecular flexibility index (Phi) is 6.63. The smallest absolute Gasteiger partial charge is 0.270 e. The minimum atomic E-state index is -0.921. The van der Waals surface area contributed by atoms with Gasteiger partial charge in [0.25, 0.3) is 5.91 Å². The molecule has 5 N–H and O–H groups in total. The summed E-state index contributed by atoms with van der Waals surface area (Å²) in [5, 5.41) is 11.0. The second kappa shape index (κ2) is 9.77. The van der Waals surface area contributed by atoms with Crippen molar-refractivity contribution in [3.05, 3.63) is 100 Å². The van der Waals surface area contributed by atoms with Gasteiger partial charge in [0.15, 0.2) is 5.15 Å². The number of aromatic nitrogens is 2. The third-order valence-corrected chi connectivity index (χ3v) is 5.43. The van der Waals surface area contributed by atoms with Crippen LogP contribution in [0, 0.1) is 5.41 Å². The van der Waals surface area contributed by atoms with E-state index in [1.165, 1.54) is 0 Å². The highest BCUT2D eigenvalue weighted by Crippen LogP contribution is 2.27. The van der Waals surface area contributed by atoms with Gasteiger partial charge in [0.1, 0.15) is 22.6 Å². The fraction of sp³-hybridized carbons (Fsp3) is 0.0417. The van der Waals surface area contributed by atoms with E-state index in [-0.39, 0.29) is 22.0 Å². The van der Waals surface area contributed by atoms with Crippen LogP contribution in [0.15, 0.2) is 78.9 Å². The molecule has 9 heteroatoms. The Balaban J connectivity index is 1.55. The van der Waals surface area contributed by atoms with Gasteiger partial charge in [0, 0.05) is 22.4 Å². The number of amides is 1.